The number of rotatable bonds is 7. The number of methoxy groups -OCH3 is 2. The van der Waals surface area contributed by atoms with E-state index in [0.717, 1.165) is 55.1 Å². The van der Waals surface area contributed by atoms with Crippen molar-refractivity contribution >= 4 is 5.91 Å². The average Bonchev–Trinajstić information content (AvgIpc) is 2.73. The third-order valence-corrected chi connectivity index (χ3v) is 5.16. The smallest absolute Gasteiger partial charge is 0.227 e. The maximum atomic E-state index is 12.6. The molecule has 1 aliphatic rings. The second kappa shape index (κ2) is 9.42. The van der Waals surface area contributed by atoms with Gasteiger partial charge in [0.05, 0.1) is 20.6 Å². The van der Waals surface area contributed by atoms with E-state index >= 15 is 0 Å². The SMILES string of the molecule is COc1ccccc1CNC1CCN(C(=O)Cc2ccccc2OC)CC1. The number of piperidine rings is 1. The third kappa shape index (κ3) is 5.01. The number of likely N-dealkylation sites (tertiary alicyclic amines) is 1. The van der Waals surface area contributed by atoms with Gasteiger partial charge in [0.15, 0.2) is 0 Å². The van der Waals surface area contributed by atoms with Gasteiger partial charge in [-0.2, -0.15) is 0 Å². The van der Waals surface area contributed by atoms with Gasteiger partial charge in [-0.3, -0.25) is 4.79 Å². The zero-order valence-corrected chi connectivity index (χ0v) is 16.1. The van der Waals surface area contributed by atoms with Gasteiger partial charge in [0.2, 0.25) is 5.91 Å². The van der Waals surface area contributed by atoms with Gasteiger partial charge in [-0.15, -0.1) is 0 Å². The van der Waals surface area contributed by atoms with Gasteiger partial charge in [-0.1, -0.05) is 36.4 Å². The molecular weight excluding hydrogens is 340 g/mol. The minimum absolute atomic E-state index is 0.169. The zero-order chi connectivity index (χ0) is 19.1. The molecule has 0 aromatic heterocycles. The molecule has 1 fully saturated rings. The standard InChI is InChI=1S/C22H28N2O3/c1-26-20-9-5-3-7-17(20)15-22(25)24-13-11-19(12-14-24)23-16-18-8-4-6-10-21(18)27-2/h3-10,19,23H,11-16H2,1-2H3. The fourth-order valence-corrected chi connectivity index (χ4v) is 3.56. The highest BCUT2D eigenvalue weighted by Crippen LogP contribution is 2.21. The van der Waals surface area contributed by atoms with Crippen molar-refractivity contribution in [2.45, 2.75) is 31.8 Å². The minimum Gasteiger partial charge on any atom is -0.496 e. The summed E-state index contributed by atoms with van der Waals surface area (Å²) in [4.78, 5) is 14.6. The summed E-state index contributed by atoms with van der Waals surface area (Å²) < 4.78 is 10.8. The number of hydrogen-bond donors (Lipinski definition) is 1. The summed E-state index contributed by atoms with van der Waals surface area (Å²) in [6, 6.07) is 16.2. The number of carbonyl (C=O) groups excluding carboxylic acids is 1. The second-order valence-corrected chi connectivity index (χ2v) is 6.84. The Hall–Kier alpha value is -2.53. The molecule has 0 spiro atoms. The predicted molar refractivity (Wildman–Crippen MR) is 106 cm³/mol. The van der Waals surface area contributed by atoms with Crippen LogP contribution in [0.1, 0.15) is 24.0 Å². The van der Waals surface area contributed by atoms with Gasteiger partial charge < -0.3 is 19.7 Å². The van der Waals surface area contributed by atoms with Crippen LogP contribution in [0.2, 0.25) is 0 Å². The van der Waals surface area contributed by atoms with Gasteiger partial charge in [0.1, 0.15) is 11.5 Å². The second-order valence-electron chi connectivity index (χ2n) is 6.84. The first kappa shape index (κ1) is 19.2. The van der Waals surface area contributed by atoms with Crippen molar-refractivity contribution in [2.75, 3.05) is 27.3 Å². The van der Waals surface area contributed by atoms with E-state index in [1.807, 2.05) is 47.4 Å². The van der Waals surface area contributed by atoms with E-state index in [0.29, 0.717) is 12.5 Å². The minimum atomic E-state index is 0.169. The molecule has 27 heavy (non-hydrogen) atoms. The fourth-order valence-electron chi connectivity index (χ4n) is 3.56. The van der Waals surface area contributed by atoms with Crippen molar-refractivity contribution in [3.05, 3.63) is 59.7 Å². The molecular formula is C22H28N2O3. The summed E-state index contributed by atoms with van der Waals surface area (Å²) in [6.07, 6.45) is 2.32. The Balaban J connectivity index is 1.48. The van der Waals surface area contributed by atoms with E-state index in [-0.39, 0.29) is 5.91 Å². The van der Waals surface area contributed by atoms with E-state index in [1.54, 1.807) is 14.2 Å². The lowest BCUT2D eigenvalue weighted by Gasteiger charge is -2.33. The van der Waals surface area contributed by atoms with Crippen LogP contribution in [-0.2, 0) is 17.8 Å². The van der Waals surface area contributed by atoms with E-state index in [2.05, 4.69) is 11.4 Å². The van der Waals surface area contributed by atoms with Crippen LogP contribution in [0.4, 0.5) is 0 Å². The third-order valence-electron chi connectivity index (χ3n) is 5.16. The lowest BCUT2D eigenvalue weighted by molar-refractivity contribution is -0.131. The van der Waals surface area contributed by atoms with Crippen molar-refractivity contribution in [1.82, 2.24) is 10.2 Å². The van der Waals surface area contributed by atoms with E-state index in [9.17, 15) is 4.79 Å². The molecule has 1 saturated heterocycles. The van der Waals surface area contributed by atoms with Crippen molar-refractivity contribution < 1.29 is 14.3 Å². The summed E-state index contributed by atoms with van der Waals surface area (Å²) >= 11 is 0. The summed E-state index contributed by atoms with van der Waals surface area (Å²) in [7, 11) is 3.34. The summed E-state index contributed by atoms with van der Waals surface area (Å²) in [5.41, 5.74) is 2.11. The number of benzene rings is 2. The van der Waals surface area contributed by atoms with Crippen LogP contribution in [-0.4, -0.2) is 44.2 Å². The summed E-state index contributed by atoms with van der Waals surface area (Å²) in [5.74, 6) is 1.86. The molecule has 0 atom stereocenters. The average molecular weight is 368 g/mol. The Morgan fingerprint density at radius 3 is 2.15 bits per heavy atom. The number of hydrogen-bond acceptors (Lipinski definition) is 4. The lowest BCUT2D eigenvalue weighted by Crippen LogP contribution is -2.45. The molecule has 0 bridgehead atoms. The molecule has 0 aliphatic carbocycles. The van der Waals surface area contributed by atoms with Crippen LogP contribution < -0.4 is 14.8 Å². The molecule has 2 aromatic carbocycles. The molecule has 0 unspecified atom stereocenters. The van der Waals surface area contributed by atoms with Crippen molar-refractivity contribution in [1.29, 1.82) is 0 Å². The van der Waals surface area contributed by atoms with Crippen LogP contribution in [0, 0.1) is 0 Å². The highest BCUT2D eigenvalue weighted by atomic mass is 16.5. The quantitative estimate of drug-likeness (QED) is 0.816. The maximum Gasteiger partial charge on any atom is 0.227 e. The van der Waals surface area contributed by atoms with Crippen LogP contribution in [0.25, 0.3) is 0 Å². The molecule has 5 nitrogen and oxygen atoms in total. The van der Waals surface area contributed by atoms with Gasteiger partial charge in [-0.25, -0.2) is 0 Å². The number of ether oxygens (including phenoxy) is 2. The zero-order valence-electron chi connectivity index (χ0n) is 16.1. The Morgan fingerprint density at radius 1 is 0.963 bits per heavy atom. The molecule has 1 heterocycles. The predicted octanol–water partition coefficient (Wildman–Crippen LogP) is 3.03. The maximum absolute atomic E-state index is 12.6. The Kier molecular flexibility index (Phi) is 6.71. The van der Waals surface area contributed by atoms with E-state index < -0.39 is 0 Å². The molecule has 0 radical (unpaired) electrons. The highest BCUT2D eigenvalue weighted by Gasteiger charge is 2.23. The molecule has 144 valence electrons. The molecule has 5 heteroatoms. The normalized spacial score (nSPS) is 14.8. The topological polar surface area (TPSA) is 50.8 Å². The molecule has 1 N–H and O–H groups in total. The van der Waals surface area contributed by atoms with Crippen LogP contribution >= 0.6 is 0 Å². The van der Waals surface area contributed by atoms with Crippen LogP contribution in [0.5, 0.6) is 11.5 Å². The van der Waals surface area contributed by atoms with Gasteiger partial charge in [0.25, 0.3) is 0 Å². The van der Waals surface area contributed by atoms with Crippen molar-refractivity contribution in [3.63, 3.8) is 0 Å². The number of nitrogens with one attached hydrogen (secondary N) is 1. The van der Waals surface area contributed by atoms with Gasteiger partial charge in [0, 0.05) is 36.8 Å². The molecule has 1 aliphatic heterocycles. The monoisotopic (exact) mass is 368 g/mol. The number of para-hydroxylation sites is 2. The van der Waals surface area contributed by atoms with Crippen molar-refractivity contribution in [2.24, 2.45) is 0 Å². The largest absolute Gasteiger partial charge is 0.496 e. The Bertz CT molecular complexity index is 755. The highest BCUT2D eigenvalue weighted by molar-refractivity contribution is 5.79. The summed E-state index contributed by atoms with van der Waals surface area (Å²) in [5, 5.41) is 3.60. The molecule has 1 amide bonds. The first-order valence-electron chi connectivity index (χ1n) is 9.46. The Morgan fingerprint density at radius 2 is 1.52 bits per heavy atom. The molecule has 2 aromatic rings. The van der Waals surface area contributed by atoms with Crippen molar-refractivity contribution in [3.8, 4) is 11.5 Å². The van der Waals surface area contributed by atoms with Gasteiger partial charge >= 0.3 is 0 Å². The number of amides is 1. The summed E-state index contributed by atoms with van der Waals surface area (Å²) in [6.45, 7) is 2.36. The molecule has 3 rings (SSSR count). The number of carbonyl (C=O) groups is 1. The lowest BCUT2D eigenvalue weighted by atomic mass is 10.0. The van der Waals surface area contributed by atoms with E-state index in [4.69, 9.17) is 9.47 Å². The number of nitrogens with zero attached hydrogens (tertiary/aromatic N) is 1. The molecule has 0 saturated carbocycles. The van der Waals surface area contributed by atoms with Crippen LogP contribution in [0.15, 0.2) is 48.5 Å². The van der Waals surface area contributed by atoms with Gasteiger partial charge in [-0.05, 0) is 25.0 Å². The Labute approximate surface area is 161 Å². The van der Waals surface area contributed by atoms with E-state index in [1.165, 1.54) is 0 Å². The fraction of sp³-hybridized carbons (Fsp3) is 0.409. The van der Waals surface area contributed by atoms with Crippen LogP contribution in [0.3, 0.4) is 0 Å². The first-order valence-corrected chi connectivity index (χ1v) is 9.46. The first-order chi connectivity index (χ1) is 13.2.